The quantitative estimate of drug-likeness (QED) is 0.167. The van der Waals surface area contributed by atoms with Crippen LogP contribution in [0.2, 0.25) is 0 Å². The van der Waals surface area contributed by atoms with E-state index < -0.39 is 0 Å². The summed E-state index contributed by atoms with van der Waals surface area (Å²) in [7, 11) is 1.70. The van der Waals surface area contributed by atoms with E-state index in [1.54, 1.807) is 31.1 Å². The molecule has 0 aliphatic heterocycles. The molecule has 1 N–H and O–H groups in total. The third kappa shape index (κ3) is 4.92. The number of rotatable bonds is 8. The lowest BCUT2D eigenvalue weighted by molar-refractivity contribution is 0.226. The van der Waals surface area contributed by atoms with Crippen molar-refractivity contribution in [2.75, 3.05) is 24.2 Å². The van der Waals surface area contributed by atoms with Crippen molar-refractivity contribution in [2.24, 2.45) is 0 Å². The molecule has 0 saturated carbocycles. The van der Waals surface area contributed by atoms with E-state index in [4.69, 9.17) is 9.25 Å². The minimum Gasteiger partial charge on any atom is -0.452 e. The van der Waals surface area contributed by atoms with Crippen molar-refractivity contribution in [3.63, 3.8) is 0 Å². The van der Waals surface area contributed by atoms with Crippen molar-refractivity contribution in [2.45, 2.75) is 13.8 Å². The van der Waals surface area contributed by atoms with Crippen LogP contribution in [0.1, 0.15) is 13.8 Å². The molecular formula is C27H27FN2O2S. The second kappa shape index (κ2) is 10.1. The van der Waals surface area contributed by atoms with Gasteiger partial charge in [-0.3, -0.25) is 0 Å². The van der Waals surface area contributed by atoms with Crippen molar-refractivity contribution < 1.29 is 13.6 Å². The van der Waals surface area contributed by atoms with Crippen molar-refractivity contribution in [3.05, 3.63) is 84.2 Å². The molecule has 0 amide bonds. The Bertz CT molecular complexity index is 1260. The Hall–Kier alpha value is -3.22. The number of hydrogen-bond acceptors (Lipinski definition) is 5. The number of furan rings is 1. The normalized spacial score (nSPS) is 10.9. The molecule has 33 heavy (non-hydrogen) atoms. The molecule has 4 nitrogen and oxygen atoms in total. The Morgan fingerprint density at radius 3 is 2.42 bits per heavy atom. The number of nitrogens with zero attached hydrogens (tertiary/aromatic N) is 1. The summed E-state index contributed by atoms with van der Waals surface area (Å²) in [5.74, 6) is 0.827. The molecule has 1 aromatic heterocycles. The second-order valence-electron chi connectivity index (χ2n) is 7.83. The highest BCUT2D eigenvalue weighted by Crippen LogP contribution is 2.45. The molecule has 3 aromatic carbocycles. The van der Waals surface area contributed by atoms with Gasteiger partial charge in [0.05, 0.1) is 11.1 Å². The molecule has 0 fully saturated rings. The molecular weight excluding hydrogens is 435 g/mol. The maximum absolute atomic E-state index is 13.5. The molecule has 6 heteroatoms. The van der Waals surface area contributed by atoms with Crippen LogP contribution in [-0.2, 0) is 0 Å². The summed E-state index contributed by atoms with van der Waals surface area (Å²) in [5.41, 5.74) is 8.70. The van der Waals surface area contributed by atoms with Crippen LogP contribution in [0.5, 0.6) is 5.75 Å². The van der Waals surface area contributed by atoms with E-state index >= 15 is 0 Å². The largest absolute Gasteiger partial charge is 0.452 e. The summed E-state index contributed by atoms with van der Waals surface area (Å²) in [6.45, 7) is 4.96. The Balaban J connectivity index is 1.96. The van der Waals surface area contributed by atoms with Gasteiger partial charge in [-0.15, -0.1) is 0 Å². The van der Waals surface area contributed by atoms with Crippen LogP contribution in [0.25, 0.3) is 33.4 Å². The van der Waals surface area contributed by atoms with Gasteiger partial charge in [0.1, 0.15) is 11.4 Å². The monoisotopic (exact) mass is 462 g/mol. The lowest BCUT2D eigenvalue weighted by Gasteiger charge is -2.23. The Kier molecular flexibility index (Phi) is 7.06. The van der Waals surface area contributed by atoms with Crippen molar-refractivity contribution in [1.82, 2.24) is 5.48 Å². The number of hydroxylamine groups is 1. The third-order valence-electron chi connectivity index (χ3n) is 5.31. The van der Waals surface area contributed by atoms with Crippen LogP contribution in [0.15, 0.2) is 82.8 Å². The predicted octanol–water partition coefficient (Wildman–Crippen LogP) is 7.47. The molecule has 0 unspecified atom stereocenters. The molecule has 0 bridgehead atoms. The molecule has 0 saturated heterocycles. The summed E-state index contributed by atoms with van der Waals surface area (Å²) in [6, 6.07) is 20.7. The summed E-state index contributed by atoms with van der Waals surface area (Å²) < 4.78 is 22.1. The lowest BCUT2D eigenvalue weighted by Crippen LogP contribution is -2.15. The molecule has 1 heterocycles. The first-order valence-electron chi connectivity index (χ1n) is 10.7. The first-order chi connectivity index (χ1) is 16.0. The molecule has 4 rings (SSSR count). The zero-order valence-electron chi connectivity index (χ0n) is 19.2. The summed E-state index contributed by atoms with van der Waals surface area (Å²) >= 11 is 1.66. The highest BCUT2D eigenvalue weighted by Gasteiger charge is 2.22. The average molecular weight is 463 g/mol. The van der Waals surface area contributed by atoms with E-state index in [2.05, 4.69) is 60.2 Å². The van der Waals surface area contributed by atoms with Gasteiger partial charge in [-0.25, -0.2) is 4.39 Å². The molecule has 0 spiro atoms. The van der Waals surface area contributed by atoms with E-state index in [1.165, 1.54) is 17.7 Å². The standard InChI is InChI=1S/C27H27FN2O2S/c1-18(2)14-15-30(33-4)24-17-25-23(16-22(24)19-8-6-5-7-9-19)27(32-29-3)26(31-25)20-10-12-21(28)13-11-20/h5-14,16-17,29H,15H2,1-4H3. The fraction of sp³-hybridized carbons (Fsp3) is 0.185. The van der Waals surface area contributed by atoms with E-state index in [1.807, 2.05) is 18.2 Å². The van der Waals surface area contributed by atoms with Gasteiger partial charge >= 0.3 is 0 Å². The summed E-state index contributed by atoms with van der Waals surface area (Å²) in [6.07, 6.45) is 4.27. The molecule has 0 aliphatic carbocycles. The van der Waals surface area contributed by atoms with Gasteiger partial charge in [0.2, 0.25) is 5.75 Å². The van der Waals surface area contributed by atoms with E-state index in [-0.39, 0.29) is 5.82 Å². The zero-order valence-corrected chi connectivity index (χ0v) is 20.0. The Morgan fingerprint density at radius 2 is 1.79 bits per heavy atom. The zero-order chi connectivity index (χ0) is 23.4. The van der Waals surface area contributed by atoms with Crippen molar-refractivity contribution >= 4 is 28.6 Å². The minimum atomic E-state index is -0.297. The van der Waals surface area contributed by atoms with Gasteiger partial charge in [0, 0.05) is 37.0 Å². The maximum Gasteiger partial charge on any atom is 0.201 e. The van der Waals surface area contributed by atoms with Crippen LogP contribution < -0.4 is 14.6 Å². The van der Waals surface area contributed by atoms with Crippen molar-refractivity contribution in [1.29, 1.82) is 0 Å². The second-order valence-corrected chi connectivity index (χ2v) is 8.64. The highest BCUT2D eigenvalue weighted by atomic mass is 32.2. The number of allylic oxidation sites excluding steroid dienone is 1. The number of halogens is 1. The van der Waals surface area contributed by atoms with Crippen LogP contribution in [0.3, 0.4) is 0 Å². The first-order valence-corrected chi connectivity index (χ1v) is 11.9. The first kappa shape index (κ1) is 23.0. The van der Waals surface area contributed by atoms with Gasteiger partial charge in [-0.05, 0) is 49.7 Å². The number of anilines is 1. The smallest absolute Gasteiger partial charge is 0.201 e. The van der Waals surface area contributed by atoms with Crippen LogP contribution in [0.4, 0.5) is 10.1 Å². The number of fused-ring (bicyclic) bond motifs is 1. The molecule has 4 aromatic rings. The van der Waals surface area contributed by atoms with Gasteiger partial charge < -0.3 is 13.6 Å². The number of nitrogens with one attached hydrogen (secondary N) is 1. The fourth-order valence-corrected chi connectivity index (χ4v) is 4.27. The molecule has 170 valence electrons. The third-order valence-corrected chi connectivity index (χ3v) is 6.10. The number of hydrogen-bond donors (Lipinski definition) is 1. The summed E-state index contributed by atoms with van der Waals surface area (Å²) in [5, 5.41) is 0.842. The summed E-state index contributed by atoms with van der Waals surface area (Å²) in [4.78, 5) is 5.81. The van der Waals surface area contributed by atoms with Crippen LogP contribution >= 0.6 is 11.9 Å². The van der Waals surface area contributed by atoms with E-state index in [9.17, 15) is 4.39 Å². The lowest BCUT2D eigenvalue weighted by atomic mass is 10.0. The van der Waals surface area contributed by atoms with Gasteiger partial charge in [0.15, 0.2) is 5.76 Å². The molecule has 0 atom stereocenters. The Labute approximate surface area is 198 Å². The highest BCUT2D eigenvalue weighted by molar-refractivity contribution is 8.00. The molecule has 0 radical (unpaired) electrons. The predicted molar refractivity (Wildman–Crippen MR) is 137 cm³/mol. The van der Waals surface area contributed by atoms with Gasteiger partial charge in [-0.2, -0.15) is 5.48 Å². The van der Waals surface area contributed by atoms with E-state index in [0.29, 0.717) is 17.1 Å². The van der Waals surface area contributed by atoms with Crippen molar-refractivity contribution in [3.8, 4) is 28.2 Å². The van der Waals surface area contributed by atoms with Crippen LogP contribution in [-0.4, -0.2) is 19.8 Å². The molecule has 0 aliphatic rings. The average Bonchev–Trinajstić information content (AvgIpc) is 3.17. The van der Waals surface area contributed by atoms with Gasteiger partial charge in [-0.1, -0.05) is 53.9 Å². The minimum absolute atomic E-state index is 0.297. The maximum atomic E-state index is 13.5. The SMILES string of the molecule is CNOc1c(-c2ccc(F)cc2)oc2cc(N(CC=C(C)C)SC)c(-c3ccccc3)cc12. The Morgan fingerprint density at radius 1 is 1.06 bits per heavy atom. The topological polar surface area (TPSA) is 37.6 Å². The van der Waals surface area contributed by atoms with E-state index in [0.717, 1.165) is 34.3 Å². The van der Waals surface area contributed by atoms with Crippen LogP contribution in [0, 0.1) is 5.82 Å². The number of benzene rings is 3. The fourth-order valence-electron chi connectivity index (χ4n) is 3.70. The van der Waals surface area contributed by atoms with Gasteiger partial charge in [0.25, 0.3) is 0 Å².